The van der Waals surface area contributed by atoms with Gasteiger partial charge < -0.3 is 10.8 Å². The number of aliphatic hydroxyl groups excluding tert-OH is 1. The van der Waals surface area contributed by atoms with Gasteiger partial charge in [0.25, 0.3) is 0 Å². The van der Waals surface area contributed by atoms with Gasteiger partial charge in [0.05, 0.1) is 6.61 Å². The third-order valence-corrected chi connectivity index (χ3v) is 3.44. The lowest BCUT2D eigenvalue weighted by Crippen LogP contribution is -2.31. The Morgan fingerprint density at radius 1 is 1.62 bits per heavy atom. The summed E-state index contributed by atoms with van der Waals surface area (Å²) in [6, 6.07) is 2.02. The molecule has 0 amide bonds. The van der Waals surface area contributed by atoms with Crippen molar-refractivity contribution in [1.82, 2.24) is 0 Å². The van der Waals surface area contributed by atoms with Crippen LogP contribution in [0, 0.1) is 12.3 Å². The number of thiophene rings is 1. The van der Waals surface area contributed by atoms with Crippen LogP contribution in [-0.2, 0) is 0 Å². The van der Waals surface area contributed by atoms with E-state index in [-0.39, 0.29) is 18.1 Å². The molecule has 1 rings (SSSR count). The van der Waals surface area contributed by atoms with Crippen LogP contribution in [0.4, 0.5) is 0 Å². The number of nitrogens with two attached hydrogens (primary N) is 1. The molecule has 0 unspecified atom stereocenters. The number of rotatable bonds is 3. The van der Waals surface area contributed by atoms with E-state index in [4.69, 9.17) is 10.8 Å². The molecule has 0 radical (unpaired) electrons. The maximum Gasteiger partial charge on any atom is 0.0500 e. The lowest BCUT2D eigenvalue weighted by Gasteiger charge is -2.28. The molecule has 0 bridgehead atoms. The van der Waals surface area contributed by atoms with Crippen molar-refractivity contribution in [3.8, 4) is 0 Å². The molecule has 0 aliphatic rings. The molecule has 1 aromatic rings. The molecule has 74 valence electrons. The Hall–Kier alpha value is -0.380. The summed E-state index contributed by atoms with van der Waals surface area (Å²) in [7, 11) is 0. The minimum atomic E-state index is -0.239. The van der Waals surface area contributed by atoms with Gasteiger partial charge in [-0.15, -0.1) is 11.3 Å². The first kappa shape index (κ1) is 10.7. The van der Waals surface area contributed by atoms with Crippen LogP contribution in [0.2, 0.25) is 0 Å². The summed E-state index contributed by atoms with van der Waals surface area (Å²) in [5.74, 6) is 0. The third-order valence-electron chi connectivity index (χ3n) is 2.31. The largest absolute Gasteiger partial charge is 0.396 e. The van der Waals surface area contributed by atoms with Gasteiger partial charge in [0.15, 0.2) is 0 Å². The predicted molar refractivity (Wildman–Crippen MR) is 56.9 cm³/mol. The normalized spacial score (nSPS) is 14.5. The minimum absolute atomic E-state index is 0.0730. The fourth-order valence-electron chi connectivity index (χ4n) is 1.10. The van der Waals surface area contributed by atoms with Gasteiger partial charge in [-0.1, -0.05) is 13.8 Å². The predicted octanol–water partition coefficient (Wildman–Crippen LogP) is 2.07. The second kappa shape index (κ2) is 3.78. The van der Waals surface area contributed by atoms with Crippen LogP contribution in [-0.4, -0.2) is 11.7 Å². The minimum Gasteiger partial charge on any atom is -0.396 e. The van der Waals surface area contributed by atoms with E-state index in [9.17, 15) is 0 Å². The molecule has 2 nitrogen and oxygen atoms in total. The number of aliphatic hydroxyl groups is 1. The average molecular weight is 199 g/mol. The van der Waals surface area contributed by atoms with Crippen LogP contribution in [0.15, 0.2) is 11.4 Å². The monoisotopic (exact) mass is 199 g/mol. The summed E-state index contributed by atoms with van der Waals surface area (Å²) in [5, 5.41) is 11.2. The average Bonchev–Trinajstić information content (AvgIpc) is 2.50. The van der Waals surface area contributed by atoms with Gasteiger partial charge in [0.2, 0.25) is 0 Å². The molecular weight excluding hydrogens is 182 g/mol. The summed E-state index contributed by atoms with van der Waals surface area (Å²) in [5.41, 5.74) is 7.05. The van der Waals surface area contributed by atoms with Crippen molar-refractivity contribution in [2.24, 2.45) is 11.1 Å². The van der Waals surface area contributed by atoms with Crippen LogP contribution in [0.1, 0.15) is 30.3 Å². The maximum atomic E-state index is 9.16. The number of hydrogen-bond acceptors (Lipinski definition) is 3. The fraction of sp³-hybridized carbons (Fsp3) is 0.600. The maximum absolute atomic E-state index is 9.16. The summed E-state index contributed by atoms with van der Waals surface area (Å²) in [4.78, 5) is 1.15. The Kier molecular flexibility index (Phi) is 3.11. The summed E-state index contributed by atoms with van der Waals surface area (Å²) < 4.78 is 0. The second-order valence-electron chi connectivity index (χ2n) is 4.15. The first-order valence-electron chi connectivity index (χ1n) is 4.39. The molecule has 0 aromatic carbocycles. The van der Waals surface area contributed by atoms with E-state index in [0.29, 0.717) is 0 Å². The van der Waals surface area contributed by atoms with Crippen LogP contribution in [0.25, 0.3) is 0 Å². The van der Waals surface area contributed by atoms with Crippen molar-refractivity contribution in [2.75, 3.05) is 6.61 Å². The van der Waals surface area contributed by atoms with Crippen molar-refractivity contribution in [1.29, 1.82) is 0 Å². The van der Waals surface area contributed by atoms with Gasteiger partial charge in [-0.2, -0.15) is 0 Å². The molecule has 0 spiro atoms. The first-order valence-corrected chi connectivity index (χ1v) is 5.27. The van der Waals surface area contributed by atoms with Gasteiger partial charge in [0, 0.05) is 16.3 Å². The van der Waals surface area contributed by atoms with Crippen LogP contribution >= 0.6 is 11.3 Å². The van der Waals surface area contributed by atoms with E-state index in [1.807, 2.05) is 13.8 Å². The van der Waals surface area contributed by atoms with Crippen molar-refractivity contribution in [2.45, 2.75) is 26.8 Å². The van der Waals surface area contributed by atoms with E-state index < -0.39 is 0 Å². The van der Waals surface area contributed by atoms with E-state index in [1.54, 1.807) is 11.3 Å². The molecule has 13 heavy (non-hydrogen) atoms. The Morgan fingerprint density at radius 3 is 2.62 bits per heavy atom. The molecule has 3 heteroatoms. The Bertz CT molecular complexity index is 280. The van der Waals surface area contributed by atoms with E-state index >= 15 is 0 Å². The molecule has 0 saturated heterocycles. The van der Waals surface area contributed by atoms with Gasteiger partial charge in [-0.05, 0) is 23.9 Å². The number of aryl methyl sites for hydroxylation is 1. The molecule has 0 fully saturated rings. The molecule has 1 heterocycles. The summed E-state index contributed by atoms with van der Waals surface area (Å²) >= 11 is 1.66. The highest BCUT2D eigenvalue weighted by molar-refractivity contribution is 7.10. The topological polar surface area (TPSA) is 46.2 Å². The van der Waals surface area contributed by atoms with Crippen molar-refractivity contribution in [3.63, 3.8) is 0 Å². The quantitative estimate of drug-likeness (QED) is 0.783. The lowest BCUT2D eigenvalue weighted by atomic mass is 9.85. The van der Waals surface area contributed by atoms with Crippen LogP contribution < -0.4 is 5.73 Å². The SMILES string of the molecule is Cc1csc([C@@H](N)C(C)(C)CO)c1. The fourth-order valence-corrected chi connectivity index (χ4v) is 2.21. The highest BCUT2D eigenvalue weighted by Crippen LogP contribution is 2.33. The van der Waals surface area contributed by atoms with Crippen LogP contribution in [0.5, 0.6) is 0 Å². The Labute approximate surface area is 83.4 Å². The number of hydrogen-bond donors (Lipinski definition) is 2. The zero-order chi connectivity index (χ0) is 10.1. The summed E-state index contributed by atoms with van der Waals surface area (Å²) in [6.07, 6.45) is 0. The van der Waals surface area contributed by atoms with Crippen molar-refractivity contribution in [3.05, 3.63) is 21.9 Å². The zero-order valence-corrected chi connectivity index (χ0v) is 9.19. The second-order valence-corrected chi connectivity index (χ2v) is 5.09. The standard InChI is InChI=1S/C10H17NOS/c1-7-4-8(13-5-7)9(11)10(2,3)6-12/h4-5,9,12H,6,11H2,1-3H3/t9-/m1/s1. The third kappa shape index (κ3) is 2.30. The summed E-state index contributed by atoms with van der Waals surface area (Å²) in [6.45, 7) is 6.13. The van der Waals surface area contributed by atoms with Crippen molar-refractivity contribution >= 4 is 11.3 Å². The first-order chi connectivity index (χ1) is 5.97. The highest BCUT2D eigenvalue weighted by Gasteiger charge is 2.27. The van der Waals surface area contributed by atoms with Gasteiger partial charge >= 0.3 is 0 Å². The molecule has 1 atom stereocenters. The molecule has 3 N–H and O–H groups in total. The molecular formula is C10H17NOS. The zero-order valence-electron chi connectivity index (χ0n) is 8.37. The highest BCUT2D eigenvalue weighted by atomic mass is 32.1. The van der Waals surface area contributed by atoms with Gasteiger partial charge in [-0.25, -0.2) is 0 Å². The van der Waals surface area contributed by atoms with Gasteiger partial charge in [-0.3, -0.25) is 0 Å². The van der Waals surface area contributed by atoms with E-state index in [0.717, 1.165) is 4.88 Å². The van der Waals surface area contributed by atoms with E-state index in [1.165, 1.54) is 5.56 Å². The molecule has 0 aliphatic carbocycles. The molecule has 1 aromatic heterocycles. The molecule has 0 saturated carbocycles. The van der Waals surface area contributed by atoms with E-state index in [2.05, 4.69) is 18.4 Å². The van der Waals surface area contributed by atoms with Crippen LogP contribution in [0.3, 0.4) is 0 Å². The van der Waals surface area contributed by atoms with Crippen molar-refractivity contribution < 1.29 is 5.11 Å². The Morgan fingerprint density at radius 2 is 2.23 bits per heavy atom. The Balaban J connectivity index is 2.84. The van der Waals surface area contributed by atoms with Gasteiger partial charge in [0.1, 0.15) is 0 Å². The smallest absolute Gasteiger partial charge is 0.0500 e. The molecule has 0 aliphatic heterocycles. The lowest BCUT2D eigenvalue weighted by molar-refractivity contribution is 0.133.